The second-order valence-electron chi connectivity index (χ2n) is 5.41. The number of thiocarbonyl (C=S) groups is 1. The maximum atomic E-state index is 12.5. The molecule has 3 rings (SSSR count). The first-order chi connectivity index (χ1) is 11.0. The van der Waals surface area contributed by atoms with Crippen LogP contribution in [0.2, 0.25) is 0 Å². The zero-order chi connectivity index (χ0) is 16.6. The van der Waals surface area contributed by atoms with Crippen LogP contribution >= 0.6 is 39.9 Å². The smallest absolute Gasteiger partial charge is 0.265 e. The number of nitrogens with zero attached hydrogens (tertiary/aromatic N) is 1. The van der Waals surface area contributed by atoms with E-state index >= 15 is 0 Å². The number of unbranched alkanes of at least 4 members (excludes halogenated alkanes) is 1. The third-order valence-corrected chi connectivity index (χ3v) is 5.71. The summed E-state index contributed by atoms with van der Waals surface area (Å²) in [5, 5.41) is 2.85. The van der Waals surface area contributed by atoms with Gasteiger partial charge in [-0.1, -0.05) is 53.3 Å². The van der Waals surface area contributed by atoms with Gasteiger partial charge in [0.1, 0.15) is 4.32 Å². The number of benzene rings is 1. The van der Waals surface area contributed by atoms with Gasteiger partial charge in [0.2, 0.25) is 5.91 Å². The molecule has 1 aromatic carbocycles. The fraction of sp³-hybridized carbons (Fsp3) is 0.312. The lowest BCUT2D eigenvalue weighted by atomic mass is 10.00. The van der Waals surface area contributed by atoms with E-state index < -0.39 is 5.92 Å². The number of nitrogens with one attached hydrogen (secondary N) is 1. The molecule has 7 heteroatoms. The average molecular weight is 411 g/mol. The van der Waals surface area contributed by atoms with Crippen LogP contribution in [0.25, 0.3) is 0 Å². The molecule has 2 heterocycles. The number of amides is 2. The lowest BCUT2D eigenvalue weighted by Crippen LogP contribution is -2.29. The molecule has 0 radical (unpaired) electrons. The van der Waals surface area contributed by atoms with Crippen molar-refractivity contribution in [3.63, 3.8) is 0 Å². The zero-order valence-electron chi connectivity index (χ0n) is 12.5. The van der Waals surface area contributed by atoms with E-state index in [0.29, 0.717) is 15.8 Å². The summed E-state index contributed by atoms with van der Waals surface area (Å²) in [5.74, 6) is -0.663. The summed E-state index contributed by atoms with van der Waals surface area (Å²) >= 11 is 10.00. The van der Waals surface area contributed by atoms with E-state index in [1.54, 1.807) is 11.0 Å². The first-order valence-electron chi connectivity index (χ1n) is 7.37. The Morgan fingerprint density at radius 2 is 2.22 bits per heavy atom. The molecule has 2 aliphatic rings. The highest BCUT2D eigenvalue weighted by Crippen LogP contribution is 2.39. The minimum Gasteiger partial charge on any atom is -0.325 e. The van der Waals surface area contributed by atoms with Gasteiger partial charge in [-0.3, -0.25) is 14.5 Å². The molecule has 0 unspecified atom stereocenters. The van der Waals surface area contributed by atoms with E-state index in [1.165, 1.54) is 11.8 Å². The van der Waals surface area contributed by atoms with Gasteiger partial charge in [-0.25, -0.2) is 0 Å². The van der Waals surface area contributed by atoms with Crippen molar-refractivity contribution < 1.29 is 9.59 Å². The first kappa shape index (κ1) is 16.7. The van der Waals surface area contributed by atoms with Crippen LogP contribution in [0.4, 0.5) is 5.69 Å². The molecule has 4 nitrogen and oxygen atoms in total. The number of halogens is 1. The summed E-state index contributed by atoms with van der Waals surface area (Å²) in [7, 11) is 0. The number of carbonyl (C=O) groups excluding carboxylic acids is 2. The second-order valence-corrected chi connectivity index (χ2v) is 8.00. The molecule has 0 spiro atoms. The second kappa shape index (κ2) is 6.75. The van der Waals surface area contributed by atoms with Crippen LogP contribution in [-0.2, 0) is 9.59 Å². The maximum absolute atomic E-state index is 12.5. The Hall–Kier alpha value is -1.18. The van der Waals surface area contributed by atoms with Crippen LogP contribution in [0.5, 0.6) is 0 Å². The Balaban J connectivity index is 1.88. The van der Waals surface area contributed by atoms with Crippen molar-refractivity contribution in [1.82, 2.24) is 4.90 Å². The van der Waals surface area contributed by atoms with E-state index in [-0.39, 0.29) is 11.8 Å². The number of rotatable bonds is 4. The number of fused-ring (bicyclic) bond motifs is 1. The monoisotopic (exact) mass is 410 g/mol. The van der Waals surface area contributed by atoms with Gasteiger partial charge in [-0.05, 0) is 36.3 Å². The molecule has 120 valence electrons. The van der Waals surface area contributed by atoms with Crippen molar-refractivity contribution in [2.45, 2.75) is 25.7 Å². The molecule has 23 heavy (non-hydrogen) atoms. The van der Waals surface area contributed by atoms with Gasteiger partial charge in [0.25, 0.3) is 5.91 Å². The quantitative estimate of drug-likeness (QED) is 0.601. The fourth-order valence-corrected chi connectivity index (χ4v) is 4.29. The maximum Gasteiger partial charge on any atom is 0.265 e. The Labute approximate surface area is 152 Å². The Morgan fingerprint density at radius 3 is 2.96 bits per heavy atom. The number of hydrogen-bond donors (Lipinski definition) is 1. The molecule has 0 aromatic heterocycles. The summed E-state index contributed by atoms with van der Waals surface area (Å²) in [6.45, 7) is 2.71. The molecule has 1 saturated heterocycles. The van der Waals surface area contributed by atoms with Crippen LogP contribution in [0, 0.1) is 0 Å². The number of anilines is 1. The van der Waals surface area contributed by atoms with Gasteiger partial charge < -0.3 is 5.32 Å². The average Bonchev–Trinajstić information content (AvgIpc) is 2.96. The summed E-state index contributed by atoms with van der Waals surface area (Å²) in [6.07, 6.45) is 3.65. The van der Waals surface area contributed by atoms with E-state index in [4.69, 9.17) is 12.2 Å². The summed E-state index contributed by atoms with van der Waals surface area (Å²) < 4.78 is 1.48. The standard InChI is InChI=1S/C16H15BrN2O2S2/c1-2-3-6-19-15(21)13(23-16(19)22)8-11-10-7-9(17)4-5-12(10)18-14(11)20/h4-5,7-8,11H,2-3,6H2,1H3,(H,18,20)/b13-8-/t11-/m0/s1. The van der Waals surface area contributed by atoms with Crippen LogP contribution in [0.15, 0.2) is 33.7 Å². The van der Waals surface area contributed by atoms with Crippen molar-refractivity contribution in [3.8, 4) is 0 Å². The molecule has 1 N–H and O–H groups in total. The molecule has 1 aromatic rings. The minimum absolute atomic E-state index is 0.0929. The largest absolute Gasteiger partial charge is 0.325 e. The Kier molecular flexibility index (Phi) is 4.89. The first-order valence-corrected chi connectivity index (χ1v) is 9.39. The van der Waals surface area contributed by atoms with Crippen LogP contribution in [0.3, 0.4) is 0 Å². The minimum atomic E-state index is -0.456. The summed E-state index contributed by atoms with van der Waals surface area (Å²) in [6, 6.07) is 5.65. The molecular weight excluding hydrogens is 396 g/mol. The highest BCUT2D eigenvalue weighted by Gasteiger charge is 2.35. The predicted molar refractivity (Wildman–Crippen MR) is 100 cm³/mol. The Morgan fingerprint density at radius 1 is 1.43 bits per heavy atom. The zero-order valence-corrected chi connectivity index (χ0v) is 15.7. The summed E-state index contributed by atoms with van der Waals surface area (Å²) in [5.41, 5.74) is 1.67. The molecular formula is C16H15BrN2O2S2. The van der Waals surface area contributed by atoms with E-state index in [0.717, 1.165) is 28.6 Å². The normalized spacial score (nSPS) is 22.0. The predicted octanol–water partition coefficient (Wildman–Crippen LogP) is 4.03. The van der Waals surface area contributed by atoms with Gasteiger partial charge in [-0.2, -0.15) is 0 Å². The fourth-order valence-electron chi connectivity index (χ4n) is 2.60. The van der Waals surface area contributed by atoms with Gasteiger partial charge in [-0.15, -0.1) is 0 Å². The topological polar surface area (TPSA) is 49.4 Å². The number of thioether (sulfide) groups is 1. The van der Waals surface area contributed by atoms with Crippen LogP contribution in [0.1, 0.15) is 31.2 Å². The van der Waals surface area contributed by atoms with E-state index in [1.807, 2.05) is 18.2 Å². The molecule has 2 amide bonds. The number of carbonyl (C=O) groups is 2. The SMILES string of the molecule is CCCCN1C(=O)/C(=C/[C@@H]2C(=O)Nc3ccc(Br)cc32)SC1=S. The third kappa shape index (κ3) is 3.22. The number of hydrogen-bond acceptors (Lipinski definition) is 4. The van der Waals surface area contributed by atoms with Gasteiger partial charge in [0, 0.05) is 16.7 Å². The molecule has 0 saturated carbocycles. The molecule has 0 aliphatic carbocycles. The van der Waals surface area contributed by atoms with Crippen molar-refractivity contribution in [2.75, 3.05) is 11.9 Å². The van der Waals surface area contributed by atoms with Crippen molar-refractivity contribution in [1.29, 1.82) is 0 Å². The van der Waals surface area contributed by atoms with Gasteiger partial charge in [0.15, 0.2) is 0 Å². The van der Waals surface area contributed by atoms with Gasteiger partial charge in [0.05, 0.1) is 10.8 Å². The van der Waals surface area contributed by atoms with Crippen molar-refractivity contribution in [2.24, 2.45) is 0 Å². The Bertz CT molecular complexity index is 733. The molecule has 1 fully saturated rings. The third-order valence-electron chi connectivity index (χ3n) is 3.82. The summed E-state index contributed by atoms with van der Waals surface area (Å²) in [4.78, 5) is 26.9. The highest BCUT2D eigenvalue weighted by atomic mass is 79.9. The lowest BCUT2D eigenvalue weighted by molar-refractivity contribution is -0.122. The van der Waals surface area contributed by atoms with Crippen molar-refractivity contribution >= 4 is 61.7 Å². The molecule has 2 aliphatic heterocycles. The lowest BCUT2D eigenvalue weighted by Gasteiger charge is -2.13. The molecule has 0 bridgehead atoms. The van der Waals surface area contributed by atoms with E-state index in [2.05, 4.69) is 28.2 Å². The van der Waals surface area contributed by atoms with Crippen LogP contribution in [-0.4, -0.2) is 27.6 Å². The van der Waals surface area contributed by atoms with Crippen LogP contribution < -0.4 is 5.32 Å². The molecule has 1 atom stereocenters. The highest BCUT2D eigenvalue weighted by molar-refractivity contribution is 9.10. The van der Waals surface area contributed by atoms with Crippen molar-refractivity contribution in [3.05, 3.63) is 39.2 Å². The van der Waals surface area contributed by atoms with E-state index in [9.17, 15) is 9.59 Å². The van der Waals surface area contributed by atoms with Gasteiger partial charge >= 0.3 is 0 Å².